The molecule has 1 aromatic carbocycles. The molecule has 10 heteroatoms. The van der Waals surface area contributed by atoms with Gasteiger partial charge in [-0.1, -0.05) is 41.4 Å². The number of para-hydroxylation sites is 1. The molecular weight excluding hydrogens is 373 g/mol. The number of rotatable bonds is 6. The molecule has 0 aliphatic carbocycles. The lowest BCUT2D eigenvalue weighted by atomic mass is 10.1. The van der Waals surface area contributed by atoms with E-state index in [2.05, 4.69) is 10.3 Å². The summed E-state index contributed by atoms with van der Waals surface area (Å²) in [4.78, 5) is 37.7. The lowest BCUT2D eigenvalue weighted by molar-refractivity contribution is -0.385. The largest absolute Gasteiger partial charge is 0.455 e. The number of esters is 1. The second kappa shape index (κ2) is 8.41. The predicted octanol–water partition coefficient (Wildman–Crippen LogP) is 3.02. The van der Waals surface area contributed by atoms with Crippen molar-refractivity contribution in [2.45, 2.75) is 6.42 Å². The van der Waals surface area contributed by atoms with Crippen molar-refractivity contribution in [2.75, 3.05) is 11.9 Å². The van der Waals surface area contributed by atoms with Crippen LogP contribution in [0.15, 0.2) is 36.5 Å². The van der Waals surface area contributed by atoms with Crippen molar-refractivity contribution in [3.8, 4) is 0 Å². The number of anilines is 1. The Balaban J connectivity index is 1.89. The van der Waals surface area contributed by atoms with Crippen molar-refractivity contribution in [1.82, 2.24) is 4.98 Å². The van der Waals surface area contributed by atoms with E-state index in [-0.39, 0.29) is 28.5 Å². The number of ether oxygens (including phenoxy) is 1. The molecule has 2 aromatic rings. The van der Waals surface area contributed by atoms with Crippen LogP contribution in [0.4, 0.5) is 11.5 Å². The number of halogens is 2. The highest BCUT2D eigenvalue weighted by Crippen LogP contribution is 2.22. The third kappa shape index (κ3) is 5.40. The number of nitrogens with zero attached hydrogens (tertiary/aromatic N) is 2. The van der Waals surface area contributed by atoms with Gasteiger partial charge in [-0.25, -0.2) is 4.98 Å². The molecule has 0 radical (unpaired) electrons. The maximum absolute atomic E-state index is 11.8. The molecule has 130 valence electrons. The molecule has 1 N–H and O–H groups in total. The lowest BCUT2D eigenvalue weighted by Crippen LogP contribution is -2.22. The van der Waals surface area contributed by atoms with Gasteiger partial charge in [-0.2, -0.15) is 0 Å². The molecule has 2 rings (SSSR count). The Labute approximate surface area is 151 Å². The van der Waals surface area contributed by atoms with Crippen molar-refractivity contribution in [2.24, 2.45) is 0 Å². The number of nitro benzene ring substituents is 1. The molecule has 0 saturated heterocycles. The summed E-state index contributed by atoms with van der Waals surface area (Å²) in [6.07, 6.45) is 0.966. The van der Waals surface area contributed by atoms with Crippen LogP contribution in [0.25, 0.3) is 0 Å². The van der Waals surface area contributed by atoms with E-state index in [4.69, 9.17) is 27.9 Å². The van der Waals surface area contributed by atoms with E-state index in [1.807, 2.05) is 0 Å². The Kier molecular flexibility index (Phi) is 6.26. The SMILES string of the molecule is O=C(COC(=O)Cc1ccccc1[N+](=O)[O-])Nc1ncc(Cl)cc1Cl. The van der Waals surface area contributed by atoms with Crippen molar-refractivity contribution in [1.29, 1.82) is 0 Å². The molecule has 1 amide bonds. The Bertz CT molecular complexity index is 829. The molecule has 25 heavy (non-hydrogen) atoms. The maximum Gasteiger partial charge on any atom is 0.311 e. The van der Waals surface area contributed by atoms with Gasteiger partial charge in [0.2, 0.25) is 0 Å². The number of nitro groups is 1. The lowest BCUT2D eigenvalue weighted by Gasteiger charge is -2.07. The van der Waals surface area contributed by atoms with Gasteiger partial charge < -0.3 is 10.1 Å². The second-order valence-electron chi connectivity index (χ2n) is 4.76. The third-order valence-corrected chi connectivity index (χ3v) is 3.45. The fraction of sp³-hybridized carbons (Fsp3) is 0.133. The number of benzene rings is 1. The second-order valence-corrected chi connectivity index (χ2v) is 5.60. The molecule has 0 aliphatic rings. The summed E-state index contributed by atoms with van der Waals surface area (Å²) in [5, 5.41) is 13.7. The highest BCUT2D eigenvalue weighted by Gasteiger charge is 2.17. The van der Waals surface area contributed by atoms with E-state index in [1.165, 1.54) is 30.5 Å². The topological polar surface area (TPSA) is 111 Å². The van der Waals surface area contributed by atoms with Gasteiger partial charge in [0.05, 0.1) is 21.4 Å². The summed E-state index contributed by atoms with van der Waals surface area (Å²) in [5.41, 5.74) is 0.00127. The summed E-state index contributed by atoms with van der Waals surface area (Å²) in [6, 6.07) is 7.17. The van der Waals surface area contributed by atoms with Crippen molar-refractivity contribution in [3.63, 3.8) is 0 Å². The standard InChI is InChI=1S/C15H11Cl2N3O5/c16-10-6-11(17)15(18-7-10)19-13(21)8-25-14(22)5-9-3-1-2-4-12(9)20(23)24/h1-4,6-7H,5,8H2,(H,18,19,21). The van der Waals surface area contributed by atoms with Gasteiger partial charge in [0, 0.05) is 17.8 Å². The highest BCUT2D eigenvalue weighted by atomic mass is 35.5. The number of pyridine rings is 1. The van der Waals surface area contributed by atoms with Gasteiger partial charge >= 0.3 is 5.97 Å². The molecule has 0 atom stereocenters. The average Bonchev–Trinajstić information content (AvgIpc) is 2.56. The van der Waals surface area contributed by atoms with E-state index < -0.39 is 23.4 Å². The number of carbonyl (C=O) groups is 2. The molecule has 0 bridgehead atoms. The number of hydrogen-bond acceptors (Lipinski definition) is 6. The zero-order valence-corrected chi connectivity index (χ0v) is 14.1. The van der Waals surface area contributed by atoms with E-state index in [9.17, 15) is 19.7 Å². The molecular formula is C15H11Cl2N3O5. The van der Waals surface area contributed by atoms with Gasteiger partial charge in [0.15, 0.2) is 12.4 Å². The first kappa shape index (κ1) is 18.6. The molecule has 1 aromatic heterocycles. The highest BCUT2D eigenvalue weighted by molar-refractivity contribution is 6.36. The van der Waals surface area contributed by atoms with Crippen LogP contribution in [0.5, 0.6) is 0 Å². The molecule has 0 unspecified atom stereocenters. The monoisotopic (exact) mass is 383 g/mol. The zero-order chi connectivity index (χ0) is 18.4. The van der Waals surface area contributed by atoms with Crippen molar-refractivity contribution >= 4 is 46.6 Å². The summed E-state index contributed by atoms with van der Waals surface area (Å²) < 4.78 is 4.81. The van der Waals surface area contributed by atoms with E-state index in [1.54, 1.807) is 6.07 Å². The van der Waals surface area contributed by atoms with Gasteiger partial charge in [-0.3, -0.25) is 19.7 Å². The molecule has 8 nitrogen and oxygen atoms in total. The summed E-state index contributed by atoms with van der Waals surface area (Å²) in [6.45, 7) is -0.583. The summed E-state index contributed by atoms with van der Waals surface area (Å²) in [5.74, 6) is -1.36. The average molecular weight is 384 g/mol. The number of amides is 1. The minimum Gasteiger partial charge on any atom is -0.455 e. The number of hydrogen-bond donors (Lipinski definition) is 1. The normalized spacial score (nSPS) is 10.2. The predicted molar refractivity (Wildman–Crippen MR) is 90.6 cm³/mol. The quantitative estimate of drug-likeness (QED) is 0.466. The summed E-state index contributed by atoms with van der Waals surface area (Å²) in [7, 11) is 0. The zero-order valence-electron chi connectivity index (χ0n) is 12.6. The van der Waals surface area contributed by atoms with Crippen LogP contribution in [0.1, 0.15) is 5.56 Å². The first-order chi connectivity index (χ1) is 11.9. The Morgan fingerprint density at radius 1 is 1.28 bits per heavy atom. The minimum atomic E-state index is -0.778. The molecule has 0 fully saturated rings. The maximum atomic E-state index is 11.8. The van der Waals surface area contributed by atoms with Gasteiger partial charge in [-0.05, 0) is 6.07 Å². The van der Waals surface area contributed by atoms with E-state index in [0.29, 0.717) is 5.02 Å². The van der Waals surface area contributed by atoms with Crippen molar-refractivity contribution < 1.29 is 19.2 Å². The van der Waals surface area contributed by atoms with Gasteiger partial charge in [-0.15, -0.1) is 0 Å². The van der Waals surface area contributed by atoms with Gasteiger partial charge in [0.1, 0.15) is 0 Å². The first-order valence-electron chi connectivity index (χ1n) is 6.85. The molecule has 0 saturated carbocycles. The van der Waals surface area contributed by atoms with E-state index in [0.717, 1.165) is 0 Å². The van der Waals surface area contributed by atoms with Crippen LogP contribution in [0.2, 0.25) is 10.0 Å². The van der Waals surface area contributed by atoms with Crippen LogP contribution in [0.3, 0.4) is 0 Å². The minimum absolute atomic E-state index is 0.0748. The number of aromatic nitrogens is 1. The van der Waals surface area contributed by atoms with Crippen LogP contribution in [-0.4, -0.2) is 28.4 Å². The Morgan fingerprint density at radius 2 is 2.00 bits per heavy atom. The first-order valence-corrected chi connectivity index (χ1v) is 7.61. The Morgan fingerprint density at radius 3 is 2.68 bits per heavy atom. The molecule has 0 spiro atoms. The van der Waals surface area contributed by atoms with E-state index >= 15 is 0 Å². The summed E-state index contributed by atoms with van der Waals surface area (Å²) >= 11 is 11.5. The van der Waals surface area contributed by atoms with Crippen LogP contribution in [0, 0.1) is 10.1 Å². The molecule has 0 aliphatic heterocycles. The smallest absolute Gasteiger partial charge is 0.311 e. The molecule has 1 heterocycles. The third-order valence-electron chi connectivity index (χ3n) is 2.95. The number of carbonyl (C=O) groups excluding carboxylic acids is 2. The Hall–Kier alpha value is -2.71. The fourth-order valence-electron chi connectivity index (χ4n) is 1.87. The van der Waals surface area contributed by atoms with Crippen LogP contribution in [-0.2, 0) is 20.7 Å². The van der Waals surface area contributed by atoms with Crippen molar-refractivity contribution in [3.05, 3.63) is 62.3 Å². The number of nitrogens with one attached hydrogen (secondary N) is 1. The fourth-order valence-corrected chi connectivity index (χ4v) is 2.29. The van der Waals surface area contributed by atoms with Crippen LogP contribution >= 0.6 is 23.2 Å². The van der Waals surface area contributed by atoms with Crippen LogP contribution < -0.4 is 5.32 Å². The van der Waals surface area contributed by atoms with Gasteiger partial charge in [0.25, 0.3) is 11.6 Å².